The smallest absolute Gasteiger partial charge is 0.0950 e. The van der Waals surface area contributed by atoms with E-state index in [2.05, 4.69) is 4.98 Å². The Morgan fingerprint density at radius 2 is 2.00 bits per heavy atom. The lowest BCUT2D eigenvalue weighted by Gasteiger charge is -1.88. The predicted molar refractivity (Wildman–Crippen MR) is 43.7 cm³/mol. The summed E-state index contributed by atoms with van der Waals surface area (Å²) in [6.07, 6.45) is 3.05. The summed E-state index contributed by atoms with van der Waals surface area (Å²) in [7, 11) is 0. The lowest BCUT2D eigenvalue weighted by Crippen LogP contribution is -1.87. The SMILES string of the molecule is OCCc1cnc(CCO)s1. The molecule has 3 nitrogen and oxygen atoms in total. The summed E-state index contributed by atoms with van der Waals surface area (Å²) in [5.41, 5.74) is 0. The fraction of sp³-hybridized carbons (Fsp3) is 0.571. The van der Waals surface area contributed by atoms with Crippen molar-refractivity contribution in [1.29, 1.82) is 0 Å². The summed E-state index contributed by atoms with van der Waals surface area (Å²) in [6.45, 7) is 0.312. The molecule has 0 aromatic carbocycles. The van der Waals surface area contributed by atoms with Crippen LogP contribution in [0.15, 0.2) is 6.20 Å². The molecule has 0 saturated heterocycles. The first-order valence-corrected chi connectivity index (χ1v) is 4.33. The molecule has 0 amide bonds. The van der Waals surface area contributed by atoms with Gasteiger partial charge >= 0.3 is 0 Å². The van der Waals surface area contributed by atoms with Crippen molar-refractivity contribution in [3.8, 4) is 0 Å². The van der Waals surface area contributed by atoms with Gasteiger partial charge in [-0.15, -0.1) is 11.3 Å². The fourth-order valence-corrected chi connectivity index (χ4v) is 1.69. The van der Waals surface area contributed by atoms with Gasteiger partial charge in [0, 0.05) is 37.1 Å². The number of nitrogens with zero attached hydrogens (tertiary/aromatic N) is 1. The summed E-state index contributed by atoms with van der Waals surface area (Å²) in [6, 6.07) is 0. The molecule has 1 rings (SSSR count). The van der Waals surface area contributed by atoms with Crippen LogP contribution < -0.4 is 0 Å². The molecule has 0 aliphatic carbocycles. The zero-order valence-corrected chi connectivity index (χ0v) is 6.97. The quantitative estimate of drug-likeness (QED) is 0.684. The van der Waals surface area contributed by atoms with Crippen molar-refractivity contribution in [2.24, 2.45) is 0 Å². The molecular weight excluding hydrogens is 162 g/mol. The first-order valence-electron chi connectivity index (χ1n) is 3.52. The lowest BCUT2D eigenvalue weighted by molar-refractivity contribution is 0.299. The fourth-order valence-electron chi connectivity index (χ4n) is 0.785. The maximum absolute atomic E-state index is 8.59. The Labute approximate surface area is 69.3 Å². The third kappa shape index (κ3) is 2.57. The number of rotatable bonds is 4. The molecule has 62 valence electrons. The van der Waals surface area contributed by atoms with Crippen molar-refractivity contribution < 1.29 is 10.2 Å². The van der Waals surface area contributed by atoms with Crippen molar-refractivity contribution >= 4 is 11.3 Å². The second-order valence-electron chi connectivity index (χ2n) is 2.17. The monoisotopic (exact) mass is 173 g/mol. The van der Waals surface area contributed by atoms with Crippen LogP contribution >= 0.6 is 11.3 Å². The summed E-state index contributed by atoms with van der Waals surface area (Å²) in [5.74, 6) is 0. The highest BCUT2D eigenvalue weighted by molar-refractivity contribution is 7.11. The van der Waals surface area contributed by atoms with Gasteiger partial charge in [0.15, 0.2) is 0 Å². The summed E-state index contributed by atoms with van der Waals surface area (Å²) >= 11 is 1.55. The van der Waals surface area contributed by atoms with E-state index in [0.29, 0.717) is 12.8 Å². The molecule has 0 fully saturated rings. The van der Waals surface area contributed by atoms with E-state index in [1.807, 2.05) is 0 Å². The normalized spacial score (nSPS) is 10.4. The Morgan fingerprint density at radius 3 is 2.64 bits per heavy atom. The molecule has 0 bridgehead atoms. The van der Waals surface area contributed by atoms with Gasteiger partial charge in [-0.3, -0.25) is 0 Å². The van der Waals surface area contributed by atoms with Gasteiger partial charge in [-0.2, -0.15) is 0 Å². The zero-order valence-electron chi connectivity index (χ0n) is 6.16. The Kier molecular flexibility index (Phi) is 3.48. The van der Waals surface area contributed by atoms with E-state index < -0.39 is 0 Å². The second kappa shape index (κ2) is 4.43. The highest BCUT2D eigenvalue weighted by Crippen LogP contribution is 2.13. The molecule has 0 radical (unpaired) electrons. The van der Waals surface area contributed by atoms with Crippen molar-refractivity contribution in [1.82, 2.24) is 4.98 Å². The van der Waals surface area contributed by atoms with Crippen LogP contribution in [-0.2, 0) is 12.8 Å². The molecule has 11 heavy (non-hydrogen) atoms. The van der Waals surface area contributed by atoms with Gasteiger partial charge < -0.3 is 10.2 Å². The molecule has 2 N–H and O–H groups in total. The molecule has 0 spiro atoms. The Balaban J connectivity index is 2.51. The van der Waals surface area contributed by atoms with Crippen molar-refractivity contribution in [2.75, 3.05) is 13.2 Å². The van der Waals surface area contributed by atoms with Crippen LogP contribution in [0.3, 0.4) is 0 Å². The van der Waals surface area contributed by atoms with Crippen LogP contribution in [0.25, 0.3) is 0 Å². The highest BCUT2D eigenvalue weighted by Gasteiger charge is 1.99. The zero-order chi connectivity index (χ0) is 8.10. The first-order chi connectivity index (χ1) is 5.36. The third-order valence-electron chi connectivity index (χ3n) is 1.29. The van der Waals surface area contributed by atoms with Crippen molar-refractivity contribution in [2.45, 2.75) is 12.8 Å². The highest BCUT2D eigenvalue weighted by atomic mass is 32.1. The van der Waals surface area contributed by atoms with Gasteiger partial charge in [0.25, 0.3) is 0 Å². The number of aliphatic hydroxyl groups excluding tert-OH is 2. The summed E-state index contributed by atoms with van der Waals surface area (Å²) < 4.78 is 0. The molecule has 4 heteroatoms. The van der Waals surface area contributed by atoms with Gasteiger partial charge in [-0.05, 0) is 0 Å². The number of aliphatic hydroxyl groups is 2. The topological polar surface area (TPSA) is 53.4 Å². The van der Waals surface area contributed by atoms with Gasteiger partial charge in [0.1, 0.15) is 0 Å². The largest absolute Gasteiger partial charge is 0.396 e. The first kappa shape index (κ1) is 8.64. The predicted octanol–water partition coefficient (Wildman–Crippen LogP) is 0.213. The summed E-state index contributed by atoms with van der Waals surface area (Å²) in [4.78, 5) is 5.15. The third-order valence-corrected chi connectivity index (χ3v) is 2.40. The van der Waals surface area contributed by atoms with Crippen LogP contribution in [0.2, 0.25) is 0 Å². The molecule has 1 aromatic rings. The van der Waals surface area contributed by atoms with Gasteiger partial charge in [0.05, 0.1) is 5.01 Å². The molecule has 0 aliphatic heterocycles. The summed E-state index contributed by atoms with van der Waals surface area (Å²) in [5, 5.41) is 18.1. The minimum Gasteiger partial charge on any atom is -0.396 e. The van der Waals surface area contributed by atoms with Crippen LogP contribution in [-0.4, -0.2) is 28.4 Å². The average Bonchev–Trinajstić information content (AvgIpc) is 2.38. The molecule has 1 heterocycles. The number of hydrogen-bond acceptors (Lipinski definition) is 4. The minimum absolute atomic E-state index is 0.145. The Hall–Kier alpha value is -0.450. The minimum atomic E-state index is 0.145. The average molecular weight is 173 g/mol. The molecular formula is C7H11NO2S. The van der Waals surface area contributed by atoms with Crippen LogP contribution in [0.1, 0.15) is 9.88 Å². The van der Waals surface area contributed by atoms with Crippen LogP contribution in [0.4, 0.5) is 0 Å². The molecule has 1 aromatic heterocycles. The molecule has 0 atom stereocenters. The van der Waals surface area contributed by atoms with Gasteiger partial charge in [0.2, 0.25) is 0 Å². The number of thiazole rings is 1. The van der Waals surface area contributed by atoms with E-state index in [1.54, 1.807) is 17.5 Å². The van der Waals surface area contributed by atoms with E-state index in [4.69, 9.17) is 10.2 Å². The van der Waals surface area contributed by atoms with Gasteiger partial charge in [-0.25, -0.2) is 4.98 Å². The molecule has 0 aliphatic rings. The van der Waals surface area contributed by atoms with Crippen LogP contribution in [0.5, 0.6) is 0 Å². The standard InChI is InChI=1S/C7H11NO2S/c9-3-1-6-5-8-7(11-6)2-4-10/h5,9-10H,1-4H2. The van der Waals surface area contributed by atoms with E-state index in [-0.39, 0.29) is 13.2 Å². The maximum Gasteiger partial charge on any atom is 0.0950 e. The Morgan fingerprint density at radius 1 is 1.27 bits per heavy atom. The molecule has 0 saturated carbocycles. The van der Waals surface area contributed by atoms with Crippen molar-refractivity contribution in [3.63, 3.8) is 0 Å². The van der Waals surface area contributed by atoms with E-state index in [1.165, 1.54) is 0 Å². The van der Waals surface area contributed by atoms with Crippen LogP contribution in [0, 0.1) is 0 Å². The second-order valence-corrected chi connectivity index (χ2v) is 3.37. The lowest BCUT2D eigenvalue weighted by atomic mass is 10.4. The Bertz CT molecular complexity index is 191. The van der Waals surface area contributed by atoms with E-state index >= 15 is 0 Å². The van der Waals surface area contributed by atoms with Crippen molar-refractivity contribution in [3.05, 3.63) is 16.1 Å². The number of aromatic nitrogens is 1. The maximum atomic E-state index is 8.59. The van der Waals surface area contributed by atoms with E-state index in [9.17, 15) is 0 Å². The molecule has 0 unspecified atom stereocenters. The van der Waals surface area contributed by atoms with E-state index in [0.717, 1.165) is 9.88 Å². The number of hydrogen-bond donors (Lipinski definition) is 2. The van der Waals surface area contributed by atoms with Gasteiger partial charge in [-0.1, -0.05) is 0 Å².